The fourth-order valence-corrected chi connectivity index (χ4v) is 3.84. The smallest absolute Gasteiger partial charge is 0.249 e. The molecular formula is C21H22N8O. The fourth-order valence-electron chi connectivity index (χ4n) is 3.84. The van der Waals surface area contributed by atoms with E-state index >= 15 is 0 Å². The average Bonchev–Trinajstić information content (AvgIpc) is 3.57. The molecule has 3 aromatic heterocycles. The summed E-state index contributed by atoms with van der Waals surface area (Å²) in [6.45, 7) is 3.21. The number of nitrogens with zero attached hydrogens (tertiary/aromatic N) is 7. The predicted octanol–water partition coefficient (Wildman–Crippen LogP) is 2.06. The van der Waals surface area contributed by atoms with Gasteiger partial charge in [-0.05, 0) is 43.5 Å². The number of carbonyl (C=O) groups excluding carboxylic acids is 1. The second-order valence-electron chi connectivity index (χ2n) is 7.67. The SMILES string of the molecule is N#Cc1cccnc1N1CCCN(c2cccc3nc(NC(=O)C4CC4)nn23)CC1. The van der Waals surface area contributed by atoms with Gasteiger partial charge in [-0.25, -0.2) is 4.98 Å². The minimum Gasteiger partial charge on any atom is -0.355 e. The van der Waals surface area contributed by atoms with Crippen molar-refractivity contribution in [3.05, 3.63) is 42.1 Å². The number of anilines is 3. The molecule has 1 aliphatic carbocycles. The molecule has 152 valence electrons. The van der Waals surface area contributed by atoms with Crippen LogP contribution in [-0.2, 0) is 4.79 Å². The molecule has 1 amide bonds. The highest BCUT2D eigenvalue weighted by atomic mass is 16.2. The number of hydrogen-bond acceptors (Lipinski definition) is 7. The molecule has 4 heterocycles. The molecule has 9 heteroatoms. The summed E-state index contributed by atoms with van der Waals surface area (Å²) in [5.41, 5.74) is 1.30. The Kier molecular flexibility index (Phi) is 4.67. The van der Waals surface area contributed by atoms with Crippen LogP contribution in [0.4, 0.5) is 17.6 Å². The lowest BCUT2D eigenvalue weighted by molar-refractivity contribution is -0.117. The molecule has 30 heavy (non-hydrogen) atoms. The summed E-state index contributed by atoms with van der Waals surface area (Å²) < 4.78 is 1.79. The van der Waals surface area contributed by atoms with Gasteiger partial charge < -0.3 is 9.80 Å². The molecule has 1 aliphatic heterocycles. The number of nitriles is 1. The molecule has 5 rings (SSSR count). The predicted molar refractivity (Wildman–Crippen MR) is 112 cm³/mol. The third kappa shape index (κ3) is 3.52. The van der Waals surface area contributed by atoms with Crippen LogP contribution in [0.2, 0.25) is 0 Å². The normalized spacial score (nSPS) is 16.9. The molecule has 9 nitrogen and oxygen atoms in total. The molecule has 1 saturated carbocycles. The number of nitrogens with one attached hydrogen (secondary N) is 1. The first kappa shape index (κ1) is 18.4. The van der Waals surface area contributed by atoms with Gasteiger partial charge in [0.2, 0.25) is 11.9 Å². The number of hydrogen-bond donors (Lipinski definition) is 1. The summed E-state index contributed by atoms with van der Waals surface area (Å²) >= 11 is 0. The Hall–Kier alpha value is -3.67. The maximum atomic E-state index is 12.1. The standard InChI is InChI=1S/C21H22N8O/c22-14-16-4-2-9-23-19(16)28-11-3-10-27(12-13-28)18-6-1-5-17-24-21(26-29(17)18)25-20(30)15-7-8-15/h1-2,4-6,9,15H,3,7-8,10-13H2,(H,25,26,30). The first-order valence-electron chi connectivity index (χ1n) is 10.2. The van der Waals surface area contributed by atoms with Gasteiger partial charge in [-0.3, -0.25) is 10.1 Å². The van der Waals surface area contributed by atoms with Crippen molar-refractivity contribution in [3.63, 3.8) is 0 Å². The molecule has 2 aliphatic rings. The van der Waals surface area contributed by atoms with Crippen LogP contribution in [0.15, 0.2) is 36.5 Å². The van der Waals surface area contributed by atoms with Crippen molar-refractivity contribution < 1.29 is 4.79 Å². The highest BCUT2D eigenvalue weighted by molar-refractivity contribution is 5.92. The van der Waals surface area contributed by atoms with Crippen molar-refractivity contribution in [3.8, 4) is 6.07 Å². The van der Waals surface area contributed by atoms with E-state index in [1.165, 1.54) is 0 Å². The zero-order valence-electron chi connectivity index (χ0n) is 16.5. The van der Waals surface area contributed by atoms with Crippen molar-refractivity contribution in [1.82, 2.24) is 19.6 Å². The van der Waals surface area contributed by atoms with Gasteiger partial charge in [0.1, 0.15) is 17.7 Å². The second-order valence-corrected chi connectivity index (χ2v) is 7.67. The highest BCUT2D eigenvalue weighted by Crippen LogP contribution is 2.30. The molecule has 0 radical (unpaired) electrons. The quantitative estimate of drug-likeness (QED) is 0.712. The second kappa shape index (κ2) is 7.63. The van der Waals surface area contributed by atoms with Crippen LogP contribution in [0.25, 0.3) is 5.65 Å². The van der Waals surface area contributed by atoms with Gasteiger partial charge >= 0.3 is 0 Å². The van der Waals surface area contributed by atoms with Crippen LogP contribution in [0.1, 0.15) is 24.8 Å². The first-order valence-corrected chi connectivity index (χ1v) is 10.2. The third-order valence-corrected chi connectivity index (χ3v) is 5.55. The Morgan fingerprint density at radius 2 is 1.93 bits per heavy atom. The summed E-state index contributed by atoms with van der Waals surface area (Å²) in [7, 11) is 0. The van der Waals surface area contributed by atoms with E-state index in [1.807, 2.05) is 18.2 Å². The molecular weight excluding hydrogens is 380 g/mol. The van der Waals surface area contributed by atoms with Gasteiger partial charge in [0.25, 0.3) is 0 Å². The Morgan fingerprint density at radius 3 is 2.77 bits per heavy atom. The van der Waals surface area contributed by atoms with E-state index in [0.29, 0.717) is 17.2 Å². The van der Waals surface area contributed by atoms with E-state index in [2.05, 4.69) is 36.3 Å². The maximum absolute atomic E-state index is 12.1. The lowest BCUT2D eigenvalue weighted by Crippen LogP contribution is -2.32. The third-order valence-electron chi connectivity index (χ3n) is 5.55. The van der Waals surface area contributed by atoms with E-state index in [0.717, 1.165) is 57.1 Å². The number of aromatic nitrogens is 4. The molecule has 1 saturated heterocycles. The van der Waals surface area contributed by atoms with Crippen LogP contribution in [0.3, 0.4) is 0 Å². The fraction of sp³-hybridized carbons (Fsp3) is 0.381. The van der Waals surface area contributed by atoms with Crippen LogP contribution >= 0.6 is 0 Å². The van der Waals surface area contributed by atoms with E-state index in [-0.39, 0.29) is 11.8 Å². The highest BCUT2D eigenvalue weighted by Gasteiger charge is 2.30. The Bertz CT molecular complexity index is 1130. The summed E-state index contributed by atoms with van der Waals surface area (Å²) in [5.74, 6) is 2.14. The van der Waals surface area contributed by atoms with E-state index in [1.54, 1.807) is 22.8 Å². The van der Waals surface area contributed by atoms with Gasteiger partial charge in [-0.2, -0.15) is 14.8 Å². The average molecular weight is 402 g/mol. The van der Waals surface area contributed by atoms with Gasteiger partial charge in [0.15, 0.2) is 5.65 Å². The molecule has 0 spiro atoms. The zero-order valence-corrected chi connectivity index (χ0v) is 16.5. The van der Waals surface area contributed by atoms with Crippen LogP contribution < -0.4 is 15.1 Å². The van der Waals surface area contributed by atoms with Gasteiger partial charge in [-0.15, -0.1) is 5.10 Å². The molecule has 2 fully saturated rings. The van der Waals surface area contributed by atoms with E-state index < -0.39 is 0 Å². The monoisotopic (exact) mass is 402 g/mol. The molecule has 3 aromatic rings. The Balaban J connectivity index is 1.37. The van der Waals surface area contributed by atoms with Crippen molar-refractivity contribution >= 4 is 29.1 Å². The molecule has 1 N–H and O–H groups in total. The molecule has 0 atom stereocenters. The van der Waals surface area contributed by atoms with Crippen LogP contribution in [-0.4, -0.2) is 51.7 Å². The minimum absolute atomic E-state index is 0.00142. The van der Waals surface area contributed by atoms with E-state index in [4.69, 9.17) is 0 Å². The number of rotatable bonds is 4. The topological polar surface area (TPSA) is 102 Å². The van der Waals surface area contributed by atoms with Gasteiger partial charge in [0.05, 0.1) is 5.56 Å². The molecule has 0 bridgehead atoms. The van der Waals surface area contributed by atoms with Crippen LogP contribution in [0, 0.1) is 17.2 Å². The summed E-state index contributed by atoms with van der Waals surface area (Å²) in [4.78, 5) is 25.4. The van der Waals surface area contributed by atoms with Gasteiger partial charge in [0, 0.05) is 38.3 Å². The zero-order chi connectivity index (χ0) is 20.5. The van der Waals surface area contributed by atoms with E-state index in [9.17, 15) is 10.1 Å². The number of fused-ring (bicyclic) bond motifs is 1. The van der Waals surface area contributed by atoms with Gasteiger partial charge in [-0.1, -0.05) is 6.07 Å². The number of amides is 1. The largest absolute Gasteiger partial charge is 0.355 e. The maximum Gasteiger partial charge on any atom is 0.249 e. The molecule has 0 aromatic carbocycles. The van der Waals surface area contributed by atoms with Crippen molar-refractivity contribution in [2.24, 2.45) is 5.92 Å². The minimum atomic E-state index is 0.00142. The lowest BCUT2D eigenvalue weighted by atomic mass is 10.2. The van der Waals surface area contributed by atoms with Crippen molar-refractivity contribution in [2.45, 2.75) is 19.3 Å². The van der Waals surface area contributed by atoms with Crippen LogP contribution in [0.5, 0.6) is 0 Å². The number of carbonyl (C=O) groups is 1. The molecule has 0 unspecified atom stereocenters. The summed E-state index contributed by atoms with van der Waals surface area (Å²) in [5, 5.41) is 16.8. The first-order chi connectivity index (χ1) is 14.7. The Labute approximate surface area is 173 Å². The summed E-state index contributed by atoms with van der Waals surface area (Å²) in [6.07, 6.45) is 4.54. The Morgan fingerprint density at radius 1 is 1.10 bits per heavy atom. The summed E-state index contributed by atoms with van der Waals surface area (Å²) in [6, 6.07) is 11.7. The van der Waals surface area contributed by atoms with Crippen molar-refractivity contribution in [1.29, 1.82) is 5.26 Å². The lowest BCUT2D eigenvalue weighted by Gasteiger charge is -2.24. The number of pyridine rings is 2. The van der Waals surface area contributed by atoms with Crippen molar-refractivity contribution in [2.75, 3.05) is 41.3 Å².